The van der Waals surface area contributed by atoms with Gasteiger partial charge in [0, 0.05) is 31.8 Å². The lowest BCUT2D eigenvalue weighted by molar-refractivity contribution is -0.128. The summed E-state index contributed by atoms with van der Waals surface area (Å²) in [7, 11) is 1.88. The van der Waals surface area contributed by atoms with Crippen LogP contribution in [0.15, 0.2) is 12.5 Å². The lowest BCUT2D eigenvalue weighted by Crippen LogP contribution is -2.40. The lowest BCUT2D eigenvalue weighted by Gasteiger charge is -2.18. The fraction of sp³-hybridized carbons (Fsp3) is 0.545. The second-order valence-corrected chi connectivity index (χ2v) is 4.05. The number of amides is 2. The molecular weight excluding hydrogens is 222 g/mol. The summed E-state index contributed by atoms with van der Waals surface area (Å²) in [5.74, 6) is -0.195. The van der Waals surface area contributed by atoms with Crippen molar-refractivity contribution in [1.29, 1.82) is 0 Å². The molecule has 17 heavy (non-hydrogen) atoms. The molecule has 0 radical (unpaired) electrons. The van der Waals surface area contributed by atoms with Gasteiger partial charge < -0.3 is 9.30 Å². The molecule has 6 heteroatoms. The standard InChI is InChI=1S/C11H15N3O3/c1-3-10(15)14-9(6-17-11(14)16)4-8-5-12-7-13(8)2/h5,7,9H,3-4,6H2,1-2H3/t9-/m0/s1. The molecule has 1 aliphatic rings. The van der Waals surface area contributed by atoms with Crippen molar-refractivity contribution in [2.24, 2.45) is 7.05 Å². The summed E-state index contributed by atoms with van der Waals surface area (Å²) in [6.45, 7) is 1.99. The molecule has 0 bridgehead atoms. The summed E-state index contributed by atoms with van der Waals surface area (Å²) >= 11 is 0. The first-order chi connectivity index (χ1) is 8.13. The maximum Gasteiger partial charge on any atom is 0.416 e. The van der Waals surface area contributed by atoms with Crippen LogP contribution in [0.1, 0.15) is 19.0 Å². The van der Waals surface area contributed by atoms with Gasteiger partial charge in [0.25, 0.3) is 0 Å². The van der Waals surface area contributed by atoms with Gasteiger partial charge in [-0.05, 0) is 0 Å². The first kappa shape index (κ1) is 11.6. The van der Waals surface area contributed by atoms with Crippen LogP contribution in [0.2, 0.25) is 0 Å². The highest BCUT2D eigenvalue weighted by Gasteiger charge is 2.37. The van der Waals surface area contributed by atoms with E-state index < -0.39 is 6.09 Å². The summed E-state index contributed by atoms with van der Waals surface area (Å²) in [5.41, 5.74) is 0.974. The van der Waals surface area contributed by atoms with E-state index in [0.29, 0.717) is 12.8 Å². The normalized spacial score (nSPS) is 19.5. The highest BCUT2D eigenvalue weighted by atomic mass is 16.6. The molecule has 1 aliphatic heterocycles. The third-order valence-corrected chi connectivity index (χ3v) is 2.89. The van der Waals surface area contributed by atoms with E-state index in [-0.39, 0.29) is 18.6 Å². The Bertz CT molecular complexity index is 441. The van der Waals surface area contributed by atoms with Crippen LogP contribution < -0.4 is 0 Å². The molecule has 2 rings (SSSR count). The molecule has 0 aromatic carbocycles. The van der Waals surface area contributed by atoms with Gasteiger partial charge in [0.1, 0.15) is 6.61 Å². The summed E-state index contributed by atoms with van der Waals surface area (Å²) < 4.78 is 6.80. The Morgan fingerprint density at radius 3 is 3.00 bits per heavy atom. The number of aryl methyl sites for hydroxylation is 1. The van der Waals surface area contributed by atoms with Crippen molar-refractivity contribution in [3.63, 3.8) is 0 Å². The Morgan fingerprint density at radius 2 is 2.41 bits per heavy atom. The Kier molecular flexibility index (Phi) is 3.12. The van der Waals surface area contributed by atoms with E-state index in [2.05, 4.69) is 4.98 Å². The molecule has 0 N–H and O–H groups in total. The number of carbonyl (C=O) groups is 2. The van der Waals surface area contributed by atoms with Crippen molar-refractivity contribution < 1.29 is 14.3 Å². The van der Waals surface area contributed by atoms with Crippen molar-refractivity contribution in [2.45, 2.75) is 25.8 Å². The van der Waals surface area contributed by atoms with Gasteiger partial charge in [-0.1, -0.05) is 6.92 Å². The number of hydrogen-bond donors (Lipinski definition) is 0. The molecule has 0 unspecified atom stereocenters. The number of hydrogen-bond acceptors (Lipinski definition) is 4. The summed E-state index contributed by atoms with van der Waals surface area (Å²) in [4.78, 5) is 28.3. The maximum atomic E-state index is 11.7. The molecule has 0 aliphatic carbocycles. The van der Waals surface area contributed by atoms with Gasteiger partial charge in [-0.3, -0.25) is 4.79 Å². The summed E-state index contributed by atoms with van der Waals surface area (Å²) in [5, 5.41) is 0. The predicted molar refractivity (Wildman–Crippen MR) is 59.2 cm³/mol. The van der Waals surface area contributed by atoms with Crippen LogP contribution >= 0.6 is 0 Å². The highest BCUT2D eigenvalue weighted by molar-refractivity contribution is 5.93. The number of nitrogens with zero attached hydrogens (tertiary/aromatic N) is 3. The quantitative estimate of drug-likeness (QED) is 0.777. The zero-order chi connectivity index (χ0) is 12.4. The molecule has 1 aromatic rings. The van der Waals surface area contributed by atoms with E-state index in [1.165, 1.54) is 4.90 Å². The monoisotopic (exact) mass is 237 g/mol. The van der Waals surface area contributed by atoms with Crippen LogP contribution in [-0.4, -0.2) is 39.1 Å². The van der Waals surface area contributed by atoms with Gasteiger partial charge in [0.05, 0.1) is 12.4 Å². The average molecular weight is 237 g/mol. The van der Waals surface area contributed by atoms with Crippen molar-refractivity contribution >= 4 is 12.0 Å². The molecule has 92 valence electrons. The SMILES string of the molecule is CCC(=O)N1C(=O)OC[C@@H]1Cc1cncn1C. The number of ether oxygens (including phenoxy) is 1. The van der Waals surface area contributed by atoms with Crippen LogP contribution in [0, 0.1) is 0 Å². The molecule has 6 nitrogen and oxygen atoms in total. The minimum absolute atomic E-state index is 0.195. The molecule has 2 heterocycles. The Balaban J connectivity index is 2.13. The number of rotatable bonds is 3. The predicted octanol–water partition coefficient (Wildman–Crippen LogP) is 0.720. The van der Waals surface area contributed by atoms with E-state index in [1.54, 1.807) is 19.4 Å². The lowest BCUT2D eigenvalue weighted by atomic mass is 10.1. The fourth-order valence-corrected chi connectivity index (χ4v) is 1.91. The zero-order valence-electron chi connectivity index (χ0n) is 9.92. The minimum atomic E-state index is -0.538. The van der Waals surface area contributed by atoms with Crippen molar-refractivity contribution in [2.75, 3.05) is 6.61 Å². The van der Waals surface area contributed by atoms with E-state index >= 15 is 0 Å². The highest BCUT2D eigenvalue weighted by Crippen LogP contribution is 2.17. The summed E-state index contributed by atoms with van der Waals surface area (Å²) in [6.07, 6.45) is 3.77. The first-order valence-corrected chi connectivity index (χ1v) is 5.57. The van der Waals surface area contributed by atoms with Crippen LogP contribution in [0.3, 0.4) is 0 Å². The molecule has 1 atom stereocenters. The number of aromatic nitrogens is 2. The number of imide groups is 1. The second kappa shape index (κ2) is 4.57. The smallest absolute Gasteiger partial charge is 0.416 e. The molecule has 0 spiro atoms. The maximum absolute atomic E-state index is 11.7. The van der Waals surface area contributed by atoms with Crippen LogP contribution in [-0.2, 0) is 23.0 Å². The molecular formula is C11H15N3O3. The minimum Gasteiger partial charge on any atom is -0.447 e. The largest absolute Gasteiger partial charge is 0.447 e. The molecule has 0 saturated carbocycles. The molecule has 1 aromatic heterocycles. The third-order valence-electron chi connectivity index (χ3n) is 2.89. The number of imidazole rings is 1. The van der Waals surface area contributed by atoms with E-state index in [1.807, 2.05) is 11.6 Å². The topological polar surface area (TPSA) is 64.4 Å². The van der Waals surface area contributed by atoms with Crippen molar-refractivity contribution in [3.8, 4) is 0 Å². The van der Waals surface area contributed by atoms with Gasteiger partial charge >= 0.3 is 6.09 Å². The molecule has 1 saturated heterocycles. The van der Waals surface area contributed by atoms with Crippen LogP contribution in [0.25, 0.3) is 0 Å². The van der Waals surface area contributed by atoms with Gasteiger partial charge in [0.15, 0.2) is 0 Å². The van der Waals surface area contributed by atoms with Crippen LogP contribution in [0.5, 0.6) is 0 Å². The average Bonchev–Trinajstić information content (AvgIpc) is 2.86. The van der Waals surface area contributed by atoms with Gasteiger partial charge in [-0.2, -0.15) is 0 Å². The Hall–Kier alpha value is -1.85. The zero-order valence-corrected chi connectivity index (χ0v) is 9.92. The Morgan fingerprint density at radius 1 is 1.65 bits per heavy atom. The summed E-state index contributed by atoms with van der Waals surface area (Å²) in [6, 6.07) is -0.217. The van der Waals surface area contributed by atoms with Gasteiger partial charge in [0.2, 0.25) is 5.91 Å². The van der Waals surface area contributed by atoms with E-state index in [0.717, 1.165) is 5.69 Å². The Labute approximate surface area is 99.2 Å². The van der Waals surface area contributed by atoms with E-state index in [4.69, 9.17) is 4.74 Å². The second-order valence-electron chi connectivity index (χ2n) is 4.05. The van der Waals surface area contributed by atoms with Crippen LogP contribution in [0.4, 0.5) is 4.79 Å². The van der Waals surface area contributed by atoms with Crippen molar-refractivity contribution in [1.82, 2.24) is 14.5 Å². The fourth-order valence-electron chi connectivity index (χ4n) is 1.91. The third kappa shape index (κ3) is 2.15. The number of carbonyl (C=O) groups excluding carboxylic acids is 2. The van der Waals surface area contributed by atoms with Gasteiger partial charge in [-0.15, -0.1) is 0 Å². The first-order valence-electron chi connectivity index (χ1n) is 5.57. The van der Waals surface area contributed by atoms with Gasteiger partial charge in [-0.25, -0.2) is 14.7 Å². The molecule has 2 amide bonds. The van der Waals surface area contributed by atoms with E-state index in [9.17, 15) is 9.59 Å². The number of cyclic esters (lactones) is 1. The van der Waals surface area contributed by atoms with Crippen molar-refractivity contribution in [3.05, 3.63) is 18.2 Å². The molecule has 1 fully saturated rings.